The predicted octanol–water partition coefficient (Wildman–Crippen LogP) is 6.73. The Labute approximate surface area is 331 Å². The van der Waals surface area contributed by atoms with Gasteiger partial charge in [0.25, 0.3) is 5.56 Å². The number of hydrogen-bond acceptors (Lipinski definition) is 12. The van der Waals surface area contributed by atoms with E-state index in [-0.39, 0.29) is 45.8 Å². The van der Waals surface area contributed by atoms with Gasteiger partial charge in [0.05, 0.1) is 32.3 Å². The first-order valence-corrected chi connectivity index (χ1v) is 21.6. The number of nitrogens with two attached hydrogens (primary N) is 1. The summed E-state index contributed by atoms with van der Waals surface area (Å²) in [6.07, 6.45) is 24.0. The molecular formula is C39H63N8O8P. The molecule has 0 bridgehead atoms. The highest BCUT2D eigenvalue weighted by Gasteiger charge is 2.40. The summed E-state index contributed by atoms with van der Waals surface area (Å²) in [5, 5.41) is 0. The van der Waals surface area contributed by atoms with Crippen LogP contribution in [0.2, 0.25) is 0 Å². The van der Waals surface area contributed by atoms with Crippen molar-refractivity contribution in [1.29, 1.82) is 0 Å². The fraction of sp³-hybridized carbons (Fsp3) is 0.744. The van der Waals surface area contributed by atoms with E-state index in [4.69, 9.17) is 24.4 Å². The normalized spacial score (nSPS) is 21.2. The number of nitrogens with zero attached hydrogens (tertiary/aromatic N) is 6. The number of amides is 1. The third-order valence-electron chi connectivity index (χ3n) is 11.0. The van der Waals surface area contributed by atoms with E-state index in [2.05, 4.69) is 31.7 Å². The van der Waals surface area contributed by atoms with Gasteiger partial charge in [-0.1, -0.05) is 96.8 Å². The van der Waals surface area contributed by atoms with Gasteiger partial charge < -0.3 is 24.6 Å². The van der Waals surface area contributed by atoms with E-state index in [0.29, 0.717) is 43.5 Å². The molecule has 2 fully saturated rings. The average molecular weight is 803 g/mol. The van der Waals surface area contributed by atoms with Crippen molar-refractivity contribution in [3.05, 3.63) is 45.8 Å². The summed E-state index contributed by atoms with van der Waals surface area (Å²) in [6.45, 7) is 3.50. The fourth-order valence-corrected chi connectivity index (χ4v) is 8.22. The number of rotatable bonds is 27. The number of nitrogens with one attached hydrogen (secondary N) is 1. The molecule has 0 spiro atoms. The van der Waals surface area contributed by atoms with Gasteiger partial charge >= 0.3 is 5.69 Å². The number of unbranched alkanes of at least 4 members (excludes halogenated alkanes) is 14. The van der Waals surface area contributed by atoms with Gasteiger partial charge in [0.15, 0.2) is 20.5 Å². The summed E-state index contributed by atoms with van der Waals surface area (Å²) in [4.78, 5) is 60.1. The number of carbonyl (C=O) groups excluding carboxylic acids is 1. The number of imidazole rings is 1. The minimum atomic E-state index is -0.505. The van der Waals surface area contributed by atoms with Gasteiger partial charge in [-0.15, -0.1) is 0 Å². The third kappa shape index (κ3) is 13.4. The molecule has 3 aromatic heterocycles. The summed E-state index contributed by atoms with van der Waals surface area (Å²) in [5.41, 5.74) is 6.14. The first-order chi connectivity index (χ1) is 27.4. The first kappa shape index (κ1) is 43.8. The van der Waals surface area contributed by atoms with Crippen molar-refractivity contribution in [1.82, 2.24) is 34.0 Å². The Morgan fingerprint density at radius 3 is 2.30 bits per heavy atom. The summed E-state index contributed by atoms with van der Waals surface area (Å²) >= 11 is 0. The Morgan fingerprint density at radius 2 is 1.62 bits per heavy atom. The van der Waals surface area contributed by atoms with Crippen LogP contribution in [0.15, 0.2) is 34.5 Å². The lowest BCUT2D eigenvalue weighted by Gasteiger charge is -2.28. The van der Waals surface area contributed by atoms with Crippen LogP contribution in [0.3, 0.4) is 0 Å². The van der Waals surface area contributed by atoms with E-state index in [1.54, 1.807) is 6.33 Å². The maximum atomic E-state index is 14.3. The molecule has 6 atom stereocenters. The molecule has 2 saturated heterocycles. The fourth-order valence-electron chi connectivity index (χ4n) is 7.87. The standard InChI is InChI=1S/C39H63N8O8P/c1-3-4-5-6-7-8-9-10-11-12-13-14-15-16-17-21-45(25-30-18-19-34(53-30)46-22-20-32(48)44-39(46)50)33(49)23-29-24-35(54-31(29)26-52-56-55-51-2)47-28-43-36-37(40)41-27-42-38(36)47/h20,22,27-31,34-35,56H,3-19,21,23-26H2,1-2H3,(H2,40,41,42)(H,44,48,50)/t29-,30?,31?,34?,35?/m0/s1. The summed E-state index contributed by atoms with van der Waals surface area (Å²) in [6, 6.07) is 1.32. The monoisotopic (exact) mass is 802 g/mol. The molecule has 0 aliphatic carbocycles. The molecule has 2 aliphatic heterocycles. The van der Waals surface area contributed by atoms with Gasteiger partial charge in [0, 0.05) is 37.7 Å². The summed E-state index contributed by atoms with van der Waals surface area (Å²) < 4.78 is 26.7. The van der Waals surface area contributed by atoms with Gasteiger partial charge in [0.1, 0.15) is 24.3 Å². The zero-order valence-corrected chi connectivity index (χ0v) is 34.3. The first-order valence-electron chi connectivity index (χ1n) is 20.8. The smallest absolute Gasteiger partial charge is 0.330 e. The molecule has 3 aromatic rings. The van der Waals surface area contributed by atoms with E-state index < -0.39 is 29.8 Å². The van der Waals surface area contributed by atoms with Gasteiger partial charge in [-0.2, -0.15) is 4.67 Å². The molecule has 5 unspecified atom stereocenters. The summed E-state index contributed by atoms with van der Waals surface area (Å²) in [7, 11) is 1.08. The lowest BCUT2D eigenvalue weighted by Crippen LogP contribution is -2.40. The van der Waals surface area contributed by atoms with Crippen molar-refractivity contribution in [3.8, 4) is 0 Å². The van der Waals surface area contributed by atoms with Crippen molar-refractivity contribution < 1.29 is 28.4 Å². The lowest BCUT2D eigenvalue weighted by molar-refractivity contribution is -0.175. The number of fused-ring (bicyclic) bond motifs is 1. The molecule has 1 amide bonds. The van der Waals surface area contributed by atoms with E-state index in [1.165, 1.54) is 107 Å². The molecule has 5 rings (SSSR count). The van der Waals surface area contributed by atoms with E-state index in [9.17, 15) is 14.4 Å². The molecule has 0 aromatic carbocycles. The van der Waals surface area contributed by atoms with Crippen LogP contribution in [0.1, 0.15) is 141 Å². The van der Waals surface area contributed by atoms with Crippen molar-refractivity contribution >= 4 is 31.9 Å². The summed E-state index contributed by atoms with van der Waals surface area (Å²) in [5.74, 6) is 0.130. The van der Waals surface area contributed by atoms with Gasteiger partial charge in [-0.25, -0.2) is 24.6 Å². The molecule has 17 heteroatoms. The molecule has 2 aliphatic rings. The van der Waals surface area contributed by atoms with Crippen LogP contribution < -0.4 is 17.0 Å². The maximum absolute atomic E-state index is 14.3. The second-order valence-corrected chi connectivity index (χ2v) is 15.8. The molecule has 3 N–H and O–H groups in total. The highest BCUT2D eigenvalue weighted by molar-refractivity contribution is 7.26. The molecule has 5 heterocycles. The lowest BCUT2D eigenvalue weighted by atomic mass is 9.96. The van der Waals surface area contributed by atoms with Crippen molar-refractivity contribution in [2.75, 3.05) is 32.5 Å². The molecule has 0 radical (unpaired) electrons. The maximum Gasteiger partial charge on any atom is 0.330 e. The Kier molecular flexibility index (Phi) is 18.7. The number of nitrogen functional groups attached to an aromatic ring is 1. The highest BCUT2D eigenvalue weighted by Crippen LogP contribution is 2.39. The van der Waals surface area contributed by atoms with Crippen LogP contribution in [0.4, 0.5) is 5.82 Å². The molecule has 312 valence electrons. The van der Waals surface area contributed by atoms with Crippen LogP contribution in [-0.4, -0.2) is 78.9 Å². The van der Waals surface area contributed by atoms with E-state index in [1.807, 2.05) is 9.47 Å². The quantitative estimate of drug-likeness (QED) is 0.0358. The Bertz CT molecular complexity index is 1720. The number of anilines is 1. The SMILES string of the molecule is CCCCCCCCCCCCCCCCCN(CC1CCC(n2ccc(=O)[nH]c2=O)O1)C(=O)C[C@H]1CC(n2cnc3c(N)ncnc32)OC1COPOOC. The van der Waals surface area contributed by atoms with Crippen LogP contribution in [0.25, 0.3) is 11.2 Å². The van der Waals surface area contributed by atoms with Gasteiger partial charge in [0.2, 0.25) is 5.91 Å². The Hall–Kier alpha value is -3.27. The van der Waals surface area contributed by atoms with Crippen molar-refractivity contribution in [2.45, 2.75) is 154 Å². The zero-order valence-electron chi connectivity index (χ0n) is 33.3. The molecule has 56 heavy (non-hydrogen) atoms. The molecule has 16 nitrogen and oxygen atoms in total. The van der Waals surface area contributed by atoms with Crippen molar-refractivity contribution in [3.63, 3.8) is 0 Å². The minimum Gasteiger partial charge on any atom is -0.382 e. The highest BCUT2D eigenvalue weighted by atomic mass is 31.1. The third-order valence-corrected chi connectivity index (χ3v) is 11.5. The molecule has 0 saturated carbocycles. The number of aromatic nitrogens is 6. The number of ether oxygens (including phenoxy) is 2. The zero-order chi connectivity index (χ0) is 39.5. The predicted molar refractivity (Wildman–Crippen MR) is 215 cm³/mol. The number of aromatic amines is 1. The van der Waals surface area contributed by atoms with Crippen LogP contribution in [0.5, 0.6) is 0 Å². The second kappa shape index (κ2) is 23.8. The number of hydrogen-bond donors (Lipinski definition) is 2. The van der Waals surface area contributed by atoms with Crippen molar-refractivity contribution in [2.24, 2.45) is 5.92 Å². The van der Waals surface area contributed by atoms with Crippen LogP contribution >= 0.6 is 9.03 Å². The number of carbonyl (C=O) groups is 1. The van der Waals surface area contributed by atoms with Gasteiger partial charge in [-0.3, -0.25) is 23.7 Å². The number of H-pyrrole nitrogens is 1. The Balaban J connectivity index is 1.15. The van der Waals surface area contributed by atoms with Crippen LogP contribution in [-0.2, 0) is 28.4 Å². The molecular weight excluding hydrogens is 739 g/mol. The second-order valence-electron chi connectivity index (χ2n) is 15.2. The van der Waals surface area contributed by atoms with E-state index >= 15 is 0 Å². The Morgan fingerprint density at radius 1 is 0.929 bits per heavy atom. The van der Waals surface area contributed by atoms with E-state index in [0.717, 1.165) is 19.3 Å². The largest absolute Gasteiger partial charge is 0.382 e. The van der Waals surface area contributed by atoms with Gasteiger partial charge in [-0.05, 0) is 25.7 Å². The topological polar surface area (TPSA) is 191 Å². The average Bonchev–Trinajstić information content (AvgIpc) is 3.94. The van der Waals surface area contributed by atoms with Crippen LogP contribution in [0, 0.1) is 5.92 Å². The minimum absolute atomic E-state index is 0.0144.